The average Bonchev–Trinajstić information content (AvgIpc) is 2.51. The van der Waals surface area contributed by atoms with Gasteiger partial charge >= 0.3 is 0 Å². The molecule has 1 aromatic rings. The van der Waals surface area contributed by atoms with E-state index in [1.165, 1.54) is 7.11 Å². The van der Waals surface area contributed by atoms with Crippen LogP contribution in [-0.4, -0.2) is 49.5 Å². The predicted octanol–water partition coefficient (Wildman–Crippen LogP) is 0.160. The van der Waals surface area contributed by atoms with E-state index in [0.717, 1.165) is 5.56 Å². The summed E-state index contributed by atoms with van der Waals surface area (Å²) in [5, 5.41) is 10.3. The van der Waals surface area contributed by atoms with Gasteiger partial charge in [0.1, 0.15) is 18.3 Å². The van der Waals surface area contributed by atoms with Gasteiger partial charge in [0.2, 0.25) is 0 Å². The van der Waals surface area contributed by atoms with Crippen LogP contribution in [0.15, 0.2) is 30.3 Å². The fourth-order valence-electron chi connectivity index (χ4n) is 2.60. The molecule has 6 heteroatoms. The predicted molar refractivity (Wildman–Crippen MR) is 69.7 cm³/mol. The molecular weight excluding hydrogens is 262 g/mol. The highest BCUT2D eigenvalue weighted by atomic mass is 16.7. The molecule has 2 fully saturated rings. The monoisotopic (exact) mass is 281 g/mol. The van der Waals surface area contributed by atoms with Gasteiger partial charge in [0.15, 0.2) is 12.6 Å². The minimum absolute atomic E-state index is 0.327. The molecule has 1 aromatic carbocycles. The molecule has 2 saturated heterocycles. The minimum Gasteiger partial charge on any atom is -0.388 e. The highest BCUT2D eigenvalue weighted by Crippen LogP contribution is 2.33. The summed E-state index contributed by atoms with van der Waals surface area (Å²) < 4.78 is 22.2. The van der Waals surface area contributed by atoms with Crippen LogP contribution in [0.2, 0.25) is 0 Å². The van der Waals surface area contributed by atoms with E-state index < -0.39 is 30.8 Å². The first-order chi connectivity index (χ1) is 9.70. The van der Waals surface area contributed by atoms with Gasteiger partial charge in [-0.2, -0.15) is 0 Å². The van der Waals surface area contributed by atoms with Gasteiger partial charge in [-0.1, -0.05) is 30.3 Å². The fourth-order valence-corrected chi connectivity index (χ4v) is 2.60. The zero-order valence-corrected chi connectivity index (χ0v) is 11.2. The van der Waals surface area contributed by atoms with Crippen molar-refractivity contribution in [3.8, 4) is 0 Å². The van der Waals surface area contributed by atoms with Gasteiger partial charge in [-0.25, -0.2) is 0 Å². The molecule has 0 saturated carbocycles. The second-order valence-electron chi connectivity index (χ2n) is 5.02. The summed E-state index contributed by atoms with van der Waals surface area (Å²) in [5.74, 6) is 0. The normalized spacial score (nSPS) is 41.1. The molecule has 3 rings (SSSR count). The Kier molecular flexibility index (Phi) is 4.02. The van der Waals surface area contributed by atoms with Gasteiger partial charge in [-0.05, 0) is 0 Å². The number of fused-ring (bicyclic) bond motifs is 1. The van der Waals surface area contributed by atoms with E-state index in [9.17, 15) is 5.11 Å². The molecule has 0 bridgehead atoms. The zero-order chi connectivity index (χ0) is 14.1. The maximum Gasteiger partial charge on any atom is 0.184 e. The van der Waals surface area contributed by atoms with Crippen molar-refractivity contribution >= 4 is 0 Å². The van der Waals surface area contributed by atoms with Crippen LogP contribution >= 0.6 is 0 Å². The summed E-state index contributed by atoms with van der Waals surface area (Å²) >= 11 is 0. The Bertz CT molecular complexity index is 440. The summed E-state index contributed by atoms with van der Waals surface area (Å²) in [6, 6.07) is 8.93. The minimum atomic E-state index is -0.853. The van der Waals surface area contributed by atoms with E-state index in [2.05, 4.69) is 0 Å². The van der Waals surface area contributed by atoms with Crippen molar-refractivity contribution in [2.45, 2.75) is 36.9 Å². The van der Waals surface area contributed by atoms with Crippen LogP contribution < -0.4 is 5.73 Å². The van der Waals surface area contributed by atoms with Gasteiger partial charge in [0, 0.05) is 12.7 Å². The van der Waals surface area contributed by atoms with Crippen LogP contribution in [-0.2, 0) is 18.9 Å². The number of hydrogen-bond donors (Lipinski definition) is 2. The van der Waals surface area contributed by atoms with Crippen molar-refractivity contribution in [1.29, 1.82) is 0 Å². The molecule has 2 heterocycles. The van der Waals surface area contributed by atoms with E-state index >= 15 is 0 Å². The molecule has 6 atom stereocenters. The van der Waals surface area contributed by atoms with Crippen LogP contribution in [0.1, 0.15) is 11.9 Å². The molecular formula is C14H19NO5. The molecule has 0 amide bonds. The van der Waals surface area contributed by atoms with Crippen molar-refractivity contribution in [2.24, 2.45) is 5.73 Å². The molecule has 0 aliphatic carbocycles. The number of aliphatic hydroxyl groups is 1. The Labute approximate surface area is 117 Å². The molecule has 3 N–H and O–H groups in total. The first-order valence-corrected chi connectivity index (χ1v) is 6.64. The Morgan fingerprint density at radius 2 is 2.00 bits per heavy atom. The molecule has 2 aliphatic rings. The first kappa shape index (κ1) is 13.9. The maximum atomic E-state index is 10.3. The quantitative estimate of drug-likeness (QED) is 0.803. The molecule has 0 aromatic heterocycles. The molecule has 6 nitrogen and oxygen atoms in total. The third-order valence-corrected chi connectivity index (χ3v) is 3.72. The van der Waals surface area contributed by atoms with Crippen LogP contribution in [0, 0.1) is 0 Å². The second kappa shape index (κ2) is 5.77. The number of ether oxygens (including phenoxy) is 4. The highest BCUT2D eigenvalue weighted by Gasteiger charge is 2.48. The van der Waals surface area contributed by atoms with Crippen LogP contribution in [0.3, 0.4) is 0 Å². The van der Waals surface area contributed by atoms with Crippen molar-refractivity contribution < 1.29 is 24.1 Å². The van der Waals surface area contributed by atoms with Crippen LogP contribution in [0.5, 0.6) is 0 Å². The molecule has 0 spiro atoms. The van der Waals surface area contributed by atoms with Crippen molar-refractivity contribution in [3.05, 3.63) is 35.9 Å². The Morgan fingerprint density at radius 1 is 1.25 bits per heavy atom. The summed E-state index contributed by atoms with van der Waals surface area (Å²) in [7, 11) is 1.49. The maximum absolute atomic E-state index is 10.3. The second-order valence-corrected chi connectivity index (χ2v) is 5.02. The largest absolute Gasteiger partial charge is 0.388 e. The summed E-state index contributed by atoms with van der Waals surface area (Å²) in [6.45, 7) is 0.327. The average molecular weight is 281 g/mol. The lowest BCUT2D eigenvalue weighted by atomic mass is 9.96. The SMILES string of the molecule is CO[C@H]1OC2CO[C@H](c3ccccc3)O[C@H]2C(O)C1N. The number of rotatable bonds is 2. The van der Waals surface area contributed by atoms with E-state index in [4.69, 9.17) is 24.7 Å². The smallest absolute Gasteiger partial charge is 0.184 e. The van der Waals surface area contributed by atoms with Gasteiger partial charge < -0.3 is 29.8 Å². The van der Waals surface area contributed by atoms with Crippen molar-refractivity contribution in [2.75, 3.05) is 13.7 Å². The lowest BCUT2D eigenvalue weighted by Gasteiger charge is -2.46. The molecule has 3 unspecified atom stereocenters. The van der Waals surface area contributed by atoms with E-state index in [1.54, 1.807) is 0 Å². The fraction of sp³-hybridized carbons (Fsp3) is 0.571. The summed E-state index contributed by atoms with van der Waals surface area (Å²) in [4.78, 5) is 0. The first-order valence-electron chi connectivity index (χ1n) is 6.64. The lowest BCUT2D eigenvalue weighted by molar-refractivity contribution is -0.339. The van der Waals surface area contributed by atoms with Crippen LogP contribution in [0.4, 0.5) is 0 Å². The molecule has 20 heavy (non-hydrogen) atoms. The summed E-state index contributed by atoms with van der Waals surface area (Å²) in [6.07, 6.45) is -2.91. The number of hydrogen-bond acceptors (Lipinski definition) is 6. The Balaban J connectivity index is 1.74. The lowest BCUT2D eigenvalue weighted by Crippen LogP contribution is -2.64. The third kappa shape index (κ3) is 2.46. The standard InChI is InChI=1S/C14H19NO5/c1-17-14-10(15)11(16)12-9(19-14)7-18-13(20-12)8-5-3-2-4-6-8/h2-6,9-14,16H,7,15H2,1H3/t9?,10?,11?,12-,13+,14+/m1/s1. The number of aliphatic hydroxyl groups excluding tert-OH is 1. The zero-order valence-electron chi connectivity index (χ0n) is 11.2. The Morgan fingerprint density at radius 3 is 2.70 bits per heavy atom. The summed E-state index contributed by atoms with van der Waals surface area (Å²) in [5.41, 5.74) is 6.81. The van der Waals surface area contributed by atoms with Gasteiger partial charge in [-0.15, -0.1) is 0 Å². The number of benzene rings is 1. The topological polar surface area (TPSA) is 83.2 Å². The van der Waals surface area contributed by atoms with Crippen molar-refractivity contribution in [3.63, 3.8) is 0 Å². The van der Waals surface area contributed by atoms with E-state index in [-0.39, 0.29) is 6.10 Å². The third-order valence-electron chi connectivity index (χ3n) is 3.72. The Hall–Kier alpha value is -1.02. The van der Waals surface area contributed by atoms with Crippen molar-refractivity contribution in [1.82, 2.24) is 0 Å². The molecule has 0 radical (unpaired) electrons. The highest BCUT2D eigenvalue weighted by molar-refractivity contribution is 5.16. The molecule has 2 aliphatic heterocycles. The van der Waals surface area contributed by atoms with Gasteiger partial charge in [0.25, 0.3) is 0 Å². The number of nitrogens with two attached hydrogens (primary N) is 1. The van der Waals surface area contributed by atoms with E-state index in [0.29, 0.717) is 6.61 Å². The van der Waals surface area contributed by atoms with Gasteiger partial charge in [0.05, 0.1) is 12.6 Å². The van der Waals surface area contributed by atoms with Gasteiger partial charge in [-0.3, -0.25) is 0 Å². The van der Waals surface area contributed by atoms with E-state index in [1.807, 2.05) is 30.3 Å². The van der Waals surface area contributed by atoms with Crippen LogP contribution in [0.25, 0.3) is 0 Å². The number of methoxy groups -OCH3 is 1. The molecule has 110 valence electrons.